The molecule has 0 radical (unpaired) electrons. The van der Waals surface area contributed by atoms with Crippen LogP contribution in [0, 0.1) is 0 Å². The first-order valence-corrected chi connectivity index (χ1v) is 11.2. The molecule has 146 valence electrons. The summed E-state index contributed by atoms with van der Waals surface area (Å²) in [6, 6.07) is 24.3. The Kier molecular flexibility index (Phi) is 6.44. The molecule has 0 bridgehead atoms. The quantitative estimate of drug-likeness (QED) is 0.409. The number of thiophene rings is 1. The van der Waals surface area contributed by atoms with Gasteiger partial charge in [-0.2, -0.15) is 0 Å². The van der Waals surface area contributed by atoms with Gasteiger partial charge in [0.05, 0.1) is 11.8 Å². The highest BCUT2D eigenvalue weighted by molar-refractivity contribution is 7.99. The smallest absolute Gasteiger partial charge is 0.231 e. The molecule has 0 aliphatic heterocycles. The van der Waals surface area contributed by atoms with Crippen LogP contribution in [0.25, 0.3) is 0 Å². The largest absolute Gasteiger partial charge is 0.344 e. The highest BCUT2D eigenvalue weighted by Crippen LogP contribution is 2.26. The van der Waals surface area contributed by atoms with E-state index in [-0.39, 0.29) is 11.9 Å². The van der Waals surface area contributed by atoms with Crippen molar-refractivity contribution in [3.8, 4) is 0 Å². The van der Waals surface area contributed by atoms with Gasteiger partial charge in [0.2, 0.25) is 5.91 Å². The third-order valence-corrected chi connectivity index (χ3v) is 6.41. The van der Waals surface area contributed by atoms with E-state index in [4.69, 9.17) is 0 Å². The van der Waals surface area contributed by atoms with E-state index in [1.807, 2.05) is 66.2 Å². The van der Waals surface area contributed by atoms with E-state index in [0.29, 0.717) is 5.75 Å². The van der Waals surface area contributed by atoms with Crippen LogP contribution in [-0.2, 0) is 11.3 Å². The molecule has 6 heteroatoms. The minimum Gasteiger partial charge on any atom is -0.344 e. The average Bonchev–Trinajstić information content (AvgIpc) is 3.44. The zero-order chi connectivity index (χ0) is 19.9. The topological polar surface area (TPSA) is 46.9 Å². The maximum absolute atomic E-state index is 12.7. The molecule has 2 aromatic carbocycles. The molecular weight excluding hydrogens is 398 g/mol. The monoisotopic (exact) mass is 419 g/mol. The van der Waals surface area contributed by atoms with E-state index in [2.05, 4.69) is 33.1 Å². The molecule has 0 aliphatic rings. The van der Waals surface area contributed by atoms with Gasteiger partial charge in [-0.15, -0.1) is 11.3 Å². The molecule has 0 saturated carbocycles. The molecule has 4 aromatic rings. The zero-order valence-electron chi connectivity index (χ0n) is 15.8. The number of benzene rings is 2. The predicted octanol–water partition coefficient (Wildman–Crippen LogP) is 4.99. The van der Waals surface area contributed by atoms with Crippen molar-refractivity contribution < 1.29 is 4.79 Å². The van der Waals surface area contributed by atoms with E-state index in [0.717, 1.165) is 22.1 Å². The Hall–Kier alpha value is -2.83. The second-order valence-electron chi connectivity index (χ2n) is 6.54. The highest BCUT2D eigenvalue weighted by Gasteiger charge is 2.18. The number of thioether (sulfide) groups is 1. The molecule has 2 aromatic heterocycles. The summed E-state index contributed by atoms with van der Waals surface area (Å²) in [6.45, 7) is 0.743. The van der Waals surface area contributed by atoms with Crippen molar-refractivity contribution in [3.63, 3.8) is 0 Å². The predicted molar refractivity (Wildman–Crippen MR) is 119 cm³/mol. The number of amides is 1. The Bertz CT molecular complexity index is 1030. The first kappa shape index (κ1) is 19.5. The summed E-state index contributed by atoms with van der Waals surface area (Å²) in [4.78, 5) is 18.3. The summed E-state index contributed by atoms with van der Waals surface area (Å²) >= 11 is 3.11. The maximum Gasteiger partial charge on any atom is 0.231 e. The summed E-state index contributed by atoms with van der Waals surface area (Å²) < 4.78 is 2.07. The van der Waals surface area contributed by atoms with Gasteiger partial charge in [-0.1, -0.05) is 78.5 Å². The SMILES string of the molecule is O=C(CSc1nccn1Cc1ccccc1)N[C@H](c1ccccc1)c1cccs1. The number of aromatic nitrogens is 2. The van der Waals surface area contributed by atoms with Crippen LogP contribution >= 0.6 is 23.1 Å². The lowest BCUT2D eigenvalue weighted by Gasteiger charge is -2.18. The van der Waals surface area contributed by atoms with E-state index < -0.39 is 0 Å². The Morgan fingerprint density at radius 3 is 2.52 bits per heavy atom. The van der Waals surface area contributed by atoms with Crippen LogP contribution in [0.5, 0.6) is 0 Å². The van der Waals surface area contributed by atoms with Crippen LogP contribution in [0.1, 0.15) is 22.0 Å². The first-order chi connectivity index (χ1) is 14.3. The fraction of sp³-hybridized carbons (Fsp3) is 0.130. The maximum atomic E-state index is 12.7. The Morgan fingerprint density at radius 1 is 1.03 bits per heavy atom. The summed E-state index contributed by atoms with van der Waals surface area (Å²) in [6.07, 6.45) is 3.73. The molecule has 0 fully saturated rings. The number of rotatable bonds is 8. The lowest BCUT2D eigenvalue weighted by Crippen LogP contribution is -2.30. The summed E-state index contributed by atoms with van der Waals surface area (Å²) in [5.74, 6) is 0.312. The number of imidazole rings is 1. The van der Waals surface area contributed by atoms with Gasteiger partial charge in [-0.3, -0.25) is 4.79 Å². The zero-order valence-corrected chi connectivity index (χ0v) is 17.4. The van der Waals surface area contributed by atoms with Crippen LogP contribution in [0.3, 0.4) is 0 Å². The lowest BCUT2D eigenvalue weighted by molar-refractivity contribution is -0.119. The van der Waals surface area contributed by atoms with E-state index in [1.54, 1.807) is 17.5 Å². The molecule has 4 rings (SSSR count). The highest BCUT2D eigenvalue weighted by atomic mass is 32.2. The standard InChI is InChI=1S/C23H21N3OS2/c27-21(25-22(20-12-7-15-28-20)19-10-5-2-6-11-19)17-29-23-24-13-14-26(23)16-18-8-3-1-4-9-18/h1-15,22H,16-17H2,(H,25,27)/t22-/m1/s1. The van der Waals surface area contributed by atoms with E-state index in [9.17, 15) is 4.79 Å². The number of nitrogens with one attached hydrogen (secondary N) is 1. The van der Waals surface area contributed by atoms with Gasteiger partial charge in [0.1, 0.15) is 0 Å². The molecule has 1 atom stereocenters. The Labute approximate surface area is 178 Å². The normalized spacial score (nSPS) is 11.9. The number of hydrogen-bond donors (Lipinski definition) is 1. The van der Waals surface area contributed by atoms with Crippen molar-refractivity contribution >= 4 is 29.0 Å². The van der Waals surface area contributed by atoms with Gasteiger partial charge in [-0.25, -0.2) is 4.98 Å². The second kappa shape index (κ2) is 9.58. The summed E-state index contributed by atoms with van der Waals surface area (Å²) in [7, 11) is 0. The molecule has 0 spiro atoms. The molecule has 29 heavy (non-hydrogen) atoms. The van der Waals surface area contributed by atoms with Crippen molar-refractivity contribution in [2.75, 3.05) is 5.75 Å². The number of carbonyl (C=O) groups excluding carboxylic acids is 1. The lowest BCUT2D eigenvalue weighted by atomic mass is 10.1. The molecular formula is C23H21N3OS2. The van der Waals surface area contributed by atoms with Gasteiger partial charge in [-0.05, 0) is 22.6 Å². The van der Waals surface area contributed by atoms with Crippen molar-refractivity contribution in [1.29, 1.82) is 0 Å². The Morgan fingerprint density at radius 2 is 1.79 bits per heavy atom. The van der Waals surface area contributed by atoms with E-state index >= 15 is 0 Å². The fourth-order valence-electron chi connectivity index (χ4n) is 3.09. The van der Waals surface area contributed by atoms with Gasteiger partial charge in [0.25, 0.3) is 0 Å². The second-order valence-corrected chi connectivity index (χ2v) is 8.46. The third kappa shape index (κ3) is 5.16. The average molecular weight is 420 g/mol. The van der Waals surface area contributed by atoms with Crippen molar-refractivity contribution in [3.05, 3.63) is 107 Å². The van der Waals surface area contributed by atoms with Crippen LogP contribution in [0.4, 0.5) is 0 Å². The molecule has 1 N–H and O–H groups in total. The molecule has 2 heterocycles. The molecule has 0 unspecified atom stereocenters. The summed E-state index contributed by atoms with van der Waals surface area (Å²) in [5, 5.41) is 6.06. The number of hydrogen-bond acceptors (Lipinski definition) is 4. The molecule has 1 amide bonds. The van der Waals surface area contributed by atoms with Crippen LogP contribution in [0.15, 0.2) is 95.7 Å². The van der Waals surface area contributed by atoms with Crippen LogP contribution < -0.4 is 5.32 Å². The number of nitrogens with zero attached hydrogens (tertiary/aromatic N) is 2. The molecule has 4 nitrogen and oxygen atoms in total. The molecule has 0 saturated heterocycles. The van der Waals surface area contributed by atoms with Gasteiger partial charge < -0.3 is 9.88 Å². The summed E-state index contributed by atoms with van der Waals surface area (Å²) in [5.41, 5.74) is 2.29. The minimum atomic E-state index is -0.131. The van der Waals surface area contributed by atoms with Gasteiger partial charge in [0.15, 0.2) is 5.16 Å². The van der Waals surface area contributed by atoms with Crippen LogP contribution in [0.2, 0.25) is 0 Å². The van der Waals surface area contributed by atoms with Crippen molar-refractivity contribution in [1.82, 2.24) is 14.9 Å². The van der Waals surface area contributed by atoms with Gasteiger partial charge >= 0.3 is 0 Å². The first-order valence-electron chi connectivity index (χ1n) is 9.35. The molecule has 0 aliphatic carbocycles. The van der Waals surface area contributed by atoms with Crippen LogP contribution in [-0.4, -0.2) is 21.2 Å². The third-order valence-electron chi connectivity index (χ3n) is 4.47. The fourth-order valence-corrected chi connectivity index (χ4v) is 4.66. The Balaban J connectivity index is 1.40. The van der Waals surface area contributed by atoms with E-state index in [1.165, 1.54) is 17.3 Å². The van der Waals surface area contributed by atoms with Crippen molar-refractivity contribution in [2.24, 2.45) is 0 Å². The van der Waals surface area contributed by atoms with Gasteiger partial charge in [0, 0.05) is 23.8 Å². The minimum absolute atomic E-state index is 0.00786. The van der Waals surface area contributed by atoms with Crippen molar-refractivity contribution in [2.45, 2.75) is 17.7 Å². The number of carbonyl (C=O) groups is 1.